The summed E-state index contributed by atoms with van der Waals surface area (Å²) in [5.74, 6) is 0.677. The Hall–Kier alpha value is -0.780. The van der Waals surface area contributed by atoms with Crippen molar-refractivity contribution in [1.29, 1.82) is 0 Å². The summed E-state index contributed by atoms with van der Waals surface area (Å²) in [5.41, 5.74) is 0.633. The monoisotopic (exact) mass is 376 g/mol. The molecule has 1 saturated heterocycles. The van der Waals surface area contributed by atoms with Gasteiger partial charge >= 0.3 is 0 Å². The van der Waals surface area contributed by atoms with E-state index >= 15 is 0 Å². The zero-order valence-electron chi connectivity index (χ0n) is 12.3. The smallest absolute Gasteiger partial charge is 0.251 e. The van der Waals surface area contributed by atoms with Gasteiger partial charge in [-0.2, -0.15) is 0 Å². The highest BCUT2D eigenvalue weighted by molar-refractivity contribution is 9.10. The van der Waals surface area contributed by atoms with E-state index in [4.69, 9.17) is 4.74 Å². The minimum atomic E-state index is -0.0354. The first-order valence-electron chi connectivity index (χ1n) is 7.03. The molecule has 1 aliphatic heterocycles. The van der Waals surface area contributed by atoms with Gasteiger partial charge in [-0.05, 0) is 58.0 Å². The summed E-state index contributed by atoms with van der Waals surface area (Å²) in [6.45, 7) is 5.86. The van der Waals surface area contributed by atoms with Crippen molar-refractivity contribution in [1.82, 2.24) is 10.6 Å². The van der Waals surface area contributed by atoms with E-state index in [1.165, 1.54) is 0 Å². The predicted octanol–water partition coefficient (Wildman–Crippen LogP) is 3.14. The molecule has 1 amide bonds. The van der Waals surface area contributed by atoms with Gasteiger partial charge in [0, 0.05) is 16.1 Å². The van der Waals surface area contributed by atoms with Gasteiger partial charge in [-0.1, -0.05) is 15.9 Å². The summed E-state index contributed by atoms with van der Waals surface area (Å²) in [7, 11) is 0. The molecule has 0 unspecified atom stereocenters. The first-order valence-corrected chi connectivity index (χ1v) is 7.82. The van der Waals surface area contributed by atoms with Crippen LogP contribution < -0.4 is 15.4 Å². The molecule has 6 heteroatoms. The third kappa shape index (κ3) is 5.85. The maximum absolute atomic E-state index is 12.3. The molecule has 21 heavy (non-hydrogen) atoms. The number of carbonyl (C=O) groups excluding carboxylic acids is 1. The molecule has 2 rings (SSSR count). The second-order valence-corrected chi connectivity index (χ2v) is 6.26. The molecule has 0 atom stereocenters. The molecule has 0 saturated carbocycles. The number of carbonyl (C=O) groups is 1. The lowest BCUT2D eigenvalue weighted by Crippen LogP contribution is -2.42. The fourth-order valence-corrected chi connectivity index (χ4v) is 2.74. The van der Waals surface area contributed by atoms with Crippen LogP contribution in [0.2, 0.25) is 0 Å². The maximum Gasteiger partial charge on any atom is 0.251 e. The Morgan fingerprint density at radius 1 is 1.33 bits per heavy atom. The van der Waals surface area contributed by atoms with E-state index in [1.807, 2.05) is 26.0 Å². The molecule has 1 aromatic rings. The number of hydrogen-bond donors (Lipinski definition) is 2. The molecule has 0 aliphatic carbocycles. The van der Waals surface area contributed by atoms with Crippen molar-refractivity contribution < 1.29 is 9.53 Å². The van der Waals surface area contributed by atoms with Gasteiger partial charge in [0.25, 0.3) is 5.91 Å². The summed E-state index contributed by atoms with van der Waals surface area (Å²) >= 11 is 3.43. The zero-order valence-corrected chi connectivity index (χ0v) is 14.7. The SMILES string of the molecule is CC(C)Oc1cc(Br)cc(C(=O)NC2CCNCC2)c1.Cl. The van der Waals surface area contributed by atoms with Crippen LogP contribution in [0.5, 0.6) is 5.75 Å². The summed E-state index contributed by atoms with van der Waals surface area (Å²) in [6, 6.07) is 5.75. The van der Waals surface area contributed by atoms with Gasteiger partial charge in [0.15, 0.2) is 0 Å². The van der Waals surface area contributed by atoms with E-state index in [0.717, 1.165) is 30.4 Å². The van der Waals surface area contributed by atoms with Crippen LogP contribution in [0.3, 0.4) is 0 Å². The molecule has 1 aromatic carbocycles. The third-order valence-electron chi connectivity index (χ3n) is 3.18. The number of rotatable bonds is 4. The maximum atomic E-state index is 12.3. The Kier molecular flexibility index (Phi) is 7.49. The largest absolute Gasteiger partial charge is 0.491 e. The highest BCUT2D eigenvalue weighted by atomic mass is 79.9. The van der Waals surface area contributed by atoms with Crippen molar-refractivity contribution in [3.8, 4) is 5.75 Å². The lowest BCUT2D eigenvalue weighted by atomic mass is 10.1. The first-order chi connectivity index (χ1) is 9.54. The van der Waals surface area contributed by atoms with Crippen LogP contribution in [0.1, 0.15) is 37.0 Å². The molecule has 0 radical (unpaired) electrons. The van der Waals surface area contributed by atoms with E-state index in [9.17, 15) is 4.79 Å². The molecule has 0 aromatic heterocycles. The summed E-state index contributed by atoms with van der Waals surface area (Å²) in [4.78, 5) is 12.3. The van der Waals surface area contributed by atoms with E-state index in [-0.39, 0.29) is 30.5 Å². The van der Waals surface area contributed by atoms with Gasteiger partial charge in [0.05, 0.1) is 6.10 Å². The first kappa shape index (κ1) is 18.3. The molecular weight excluding hydrogens is 356 g/mol. The van der Waals surface area contributed by atoms with E-state index < -0.39 is 0 Å². The fraction of sp³-hybridized carbons (Fsp3) is 0.533. The Labute approximate surface area is 140 Å². The van der Waals surface area contributed by atoms with Crippen LogP contribution in [0.25, 0.3) is 0 Å². The van der Waals surface area contributed by atoms with Gasteiger partial charge in [-0.25, -0.2) is 0 Å². The van der Waals surface area contributed by atoms with Crippen LogP contribution in [0.4, 0.5) is 0 Å². The quantitative estimate of drug-likeness (QED) is 0.847. The molecule has 1 aliphatic rings. The van der Waals surface area contributed by atoms with Gasteiger partial charge in [-0.3, -0.25) is 4.79 Å². The lowest BCUT2D eigenvalue weighted by molar-refractivity contribution is 0.0928. The molecule has 0 bridgehead atoms. The minimum Gasteiger partial charge on any atom is -0.491 e. The van der Waals surface area contributed by atoms with Crippen molar-refractivity contribution in [3.05, 3.63) is 28.2 Å². The standard InChI is InChI=1S/C15H21BrN2O2.ClH/c1-10(2)20-14-8-11(7-12(16)9-14)15(19)18-13-3-5-17-6-4-13;/h7-10,13,17H,3-6H2,1-2H3,(H,18,19);1H. The van der Waals surface area contributed by atoms with Crippen molar-refractivity contribution in [2.24, 2.45) is 0 Å². The van der Waals surface area contributed by atoms with E-state index in [0.29, 0.717) is 11.3 Å². The number of hydrogen-bond acceptors (Lipinski definition) is 3. The number of amides is 1. The minimum absolute atomic E-state index is 0. The molecule has 2 N–H and O–H groups in total. The lowest BCUT2D eigenvalue weighted by Gasteiger charge is -2.23. The predicted molar refractivity (Wildman–Crippen MR) is 90.5 cm³/mol. The Balaban J connectivity index is 0.00000220. The second-order valence-electron chi connectivity index (χ2n) is 5.34. The van der Waals surface area contributed by atoms with Crippen LogP contribution in [0, 0.1) is 0 Å². The van der Waals surface area contributed by atoms with Gasteiger partial charge in [-0.15, -0.1) is 12.4 Å². The number of ether oxygens (including phenoxy) is 1. The summed E-state index contributed by atoms with van der Waals surface area (Å²) < 4.78 is 6.51. The highest BCUT2D eigenvalue weighted by Crippen LogP contribution is 2.22. The molecule has 1 fully saturated rings. The van der Waals surface area contributed by atoms with Gasteiger partial charge in [0.1, 0.15) is 5.75 Å². The number of halogens is 2. The van der Waals surface area contributed by atoms with E-state index in [1.54, 1.807) is 6.07 Å². The third-order valence-corrected chi connectivity index (χ3v) is 3.64. The van der Waals surface area contributed by atoms with Crippen LogP contribution in [-0.4, -0.2) is 31.1 Å². The molecule has 1 heterocycles. The van der Waals surface area contributed by atoms with Crippen LogP contribution in [-0.2, 0) is 0 Å². The highest BCUT2D eigenvalue weighted by Gasteiger charge is 2.17. The average molecular weight is 378 g/mol. The van der Waals surface area contributed by atoms with Crippen molar-refractivity contribution in [3.63, 3.8) is 0 Å². The van der Waals surface area contributed by atoms with Crippen molar-refractivity contribution in [2.75, 3.05) is 13.1 Å². The number of nitrogens with one attached hydrogen (secondary N) is 2. The fourth-order valence-electron chi connectivity index (χ4n) is 2.27. The topological polar surface area (TPSA) is 50.4 Å². The normalized spacial score (nSPS) is 15.4. The van der Waals surface area contributed by atoms with Gasteiger partial charge in [0.2, 0.25) is 0 Å². The van der Waals surface area contributed by atoms with Crippen molar-refractivity contribution >= 4 is 34.2 Å². The Morgan fingerprint density at radius 3 is 2.62 bits per heavy atom. The number of benzene rings is 1. The Bertz CT molecular complexity index is 477. The zero-order chi connectivity index (χ0) is 14.5. The van der Waals surface area contributed by atoms with E-state index in [2.05, 4.69) is 26.6 Å². The Morgan fingerprint density at radius 2 is 2.00 bits per heavy atom. The number of piperidine rings is 1. The molecule has 118 valence electrons. The molecule has 0 spiro atoms. The van der Waals surface area contributed by atoms with Crippen molar-refractivity contribution in [2.45, 2.75) is 38.8 Å². The average Bonchev–Trinajstić information content (AvgIpc) is 2.38. The second kappa shape index (κ2) is 8.61. The van der Waals surface area contributed by atoms with Gasteiger partial charge < -0.3 is 15.4 Å². The molecular formula is C15H22BrClN2O2. The molecule has 4 nitrogen and oxygen atoms in total. The van der Waals surface area contributed by atoms with Crippen LogP contribution >= 0.6 is 28.3 Å². The summed E-state index contributed by atoms with van der Waals surface area (Å²) in [6.07, 6.45) is 2.05. The van der Waals surface area contributed by atoms with Crippen LogP contribution in [0.15, 0.2) is 22.7 Å². The summed E-state index contributed by atoms with van der Waals surface area (Å²) in [5, 5.41) is 6.38.